The average molecular weight is 346 g/mol. The number of hydrogen-bond acceptors (Lipinski definition) is 4. The summed E-state index contributed by atoms with van der Waals surface area (Å²) in [6.07, 6.45) is 4.78. The first kappa shape index (κ1) is 18.1. The van der Waals surface area contributed by atoms with Gasteiger partial charge in [0.25, 0.3) is 5.91 Å². The van der Waals surface area contributed by atoms with E-state index < -0.39 is 0 Å². The fourth-order valence-corrected chi connectivity index (χ4v) is 4.47. The Morgan fingerprint density at radius 2 is 1.72 bits per heavy atom. The molecular weight excluding hydrogens is 316 g/mol. The van der Waals surface area contributed by atoms with E-state index in [1.165, 1.54) is 19.3 Å². The van der Waals surface area contributed by atoms with Gasteiger partial charge in [-0.2, -0.15) is 0 Å². The molecule has 0 bridgehead atoms. The van der Waals surface area contributed by atoms with Gasteiger partial charge in [-0.1, -0.05) is 0 Å². The molecule has 3 unspecified atom stereocenters. The quantitative estimate of drug-likeness (QED) is 0.840. The largest absolute Gasteiger partial charge is 0.493 e. The summed E-state index contributed by atoms with van der Waals surface area (Å²) in [5, 5.41) is 0. The van der Waals surface area contributed by atoms with Crippen molar-refractivity contribution in [3.05, 3.63) is 23.8 Å². The van der Waals surface area contributed by atoms with Gasteiger partial charge in [0.2, 0.25) is 0 Å². The molecule has 138 valence electrons. The van der Waals surface area contributed by atoms with Crippen LogP contribution in [0.25, 0.3) is 0 Å². The van der Waals surface area contributed by atoms with Crippen molar-refractivity contribution >= 4 is 5.91 Å². The van der Waals surface area contributed by atoms with Crippen LogP contribution in [-0.4, -0.2) is 61.1 Å². The fraction of sp³-hybridized carbons (Fsp3) is 0.650. The first-order chi connectivity index (χ1) is 12.0. The monoisotopic (exact) mass is 346 g/mol. The minimum Gasteiger partial charge on any atom is -0.493 e. The van der Waals surface area contributed by atoms with Gasteiger partial charge in [0.15, 0.2) is 11.5 Å². The van der Waals surface area contributed by atoms with Crippen LogP contribution in [0.2, 0.25) is 0 Å². The molecule has 0 aromatic heterocycles. The highest BCUT2D eigenvalue weighted by atomic mass is 16.5. The predicted octanol–water partition coefficient (Wildman–Crippen LogP) is 3.18. The molecule has 2 heterocycles. The molecule has 5 nitrogen and oxygen atoms in total. The second-order valence-electron chi connectivity index (χ2n) is 7.34. The Morgan fingerprint density at radius 1 is 1.04 bits per heavy atom. The van der Waals surface area contributed by atoms with Gasteiger partial charge < -0.3 is 14.4 Å². The molecule has 0 radical (unpaired) electrons. The summed E-state index contributed by atoms with van der Waals surface area (Å²) >= 11 is 0. The number of amides is 1. The van der Waals surface area contributed by atoms with Crippen molar-refractivity contribution in [3.63, 3.8) is 0 Å². The zero-order valence-electron chi connectivity index (χ0n) is 15.8. The maximum atomic E-state index is 13.0. The molecule has 0 saturated carbocycles. The van der Waals surface area contributed by atoms with Crippen molar-refractivity contribution in [1.82, 2.24) is 9.80 Å². The smallest absolute Gasteiger partial charge is 0.254 e. The number of ether oxygens (including phenoxy) is 2. The van der Waals surface area contributed by atoms with E-state index in [1.807, 2.05) is 11.0 Å². The minimum absolute atomic E-state index is 0.0881. The average Bonchev–Trinajstić information content (AvgIpc) is 2.99. The van der Waals surface area contributed by atoms with E-state index in [1.54, 1.807) is 26.4 Å². The third-order valence-corrected chi connectivity index (χ3v) is 5.76. The molecule has 2 aliphatic rings. The molecule has 0 N–H and O–H groups in total. The second-order valence-corrected chi connectivity index (χ2v) is 7.34. The van der Waals surface area contributed by atoms with Gasteiger partial charge in [-0.15, -0.1) is 0 Å². The van der Waals surface area contributed by atoms with Crippen LogP contribution in [0.1, 0.15) is 49.9 Å². The number of hydrogen-bond donors (Lipinski definition) is 0. The molecule has 2 aliphatic heterocycles. The lowest BCUT2D eigenvalue weighted by molar-refractivity contribution is 0.0487. The molecule has 2 saturated heterocycles. The van der Waals surface area contributed by atoms with Crippen molar-refractivity contribution < 1.29 is 14.3 Å². The van der Waals surface area contributed by atoms with Crippen molar-refractivity contribution in [2.24, 2.45) is 0 Å². The molecule has 1 aromatic carbocycles. The molecule has 1 amide bonds. The first-order valence-corrected chi connectivity index (χ1v) is 9.34. The third kappa shape index (κ3) is 3.61. The summed E-state index contributed by atoms with van der Waals surface area (Å²) in [7, 11) is 3.20. The number of nitrogens with zero attached hydrogens (tertiary/aromatic N) is 2. The summed E-state index contributed by atoms with van der Waals surface area (Å²) in [6.45, 7) is 6.29. The Bertz CT molecular complexity index is 609. The summed E-state index contributed by atoms with van der Waals surface area (Å²) in [5.74, 6) is 1.34. The Labute approximate surface area is 150 Å². The van der Waals surface area contributed by atoms with Crippen molar-refractivity contribution in [1.29, 1.82) is 0 Å². The van der Waals surface area contributed by atoms with Crippen LogP contribution >= 0.6 is 0 Å². The predicted molar refractivity (Wildman–Crippen MR) is 98.5 cm³/mol. The first-order valence-electron chi connectivity index (χ1n) is 9.34. The van der Waals surface area contributed by atoms with Crippen LogP contribution in [-0.2, 0) is 0 Å². The van der Waals surface area contributed by atoms with Gasteiger partial charge in [-0.3, -0.25) is 9.69 Å². The molecule has 2 fully saturated rings. The molecule has 3 atom stereocenters. The van der Waals surface area contributed by atoms with Gasteiger partial charge in [-0.25, -0.2) is 0 Å². The third-order valence-electron chi connectivity index (χ3n) is 5.76. The molecule has 0 spiro atoms. The highest BCUT2D eigenvalue weighted by molar-refractivity contribution is 5.95. The standard InChI is InChI=1S/C20H30N2O3/c1-14-7-8-15(2)22(14)17-6-5-11-21(13-17)20(23)16-9-10-18(24-3)19(12-16)25-4/h9-10,12,14-15,17H,5-8,11,13H2,1-4H3. The van der Waals surface area contributed by atoms with Crippen LogP contribution in [0.4, 0.5) is 0 Å². The SMILES string of the molecule is COc1ccc(C(=O)N2CCCC(N3C(C)CCC3C)C2)cc1OC. The van der Waals surface area contributed by atoms with E-state index in [4.69, 9.17) is 9.47 Å². The van der Waals surface area contributed by atoms with E-state index >= 15 is 0 Å². The summed E-state index contributed by atoms with van der Waals surface area (Å²) in [5.41, 5.74) is 0.667. The molecule has 1 aromatic rings. The number of likely N-dealkylation sites (tertiary alicyclic amines) is 2. The maximum absolute atomic E-state index is 13.0. The molecular formula is C20H30N2O3. The van der Waals surface area contributed by atoms with Crippen LogP contribution in [0, 0.1) is 0 Å². The highest BCUT2D eigenvalue weighted by Crippen LogP contribution is 2.31. The molecule has 3 rings (SSSR count). The van der Waals surface area contributed by atoms with E-state index in [2.05, 4.69) is 18.7 Å². The summed E-state index contributed by atoms with van der Waals surface area (Å²) in [6, 6.07) is 7.14. The Balaban J connectivity index is 1.74. The normalized spacial score (nSPS) is 27.4. The van der Waals surface area contributed by atoms with Gasteiger partial charge >= 0.3 is 0 Å². The van der Waals surface area contributed by atoms with Gasteiger partial charge in [0.1, 0.15) is 0 Å². The maximum Gasteiger partial charge on any atom is 0.254 e. The van der Waals surface area contributed by atoms with Gasteiger partial charge in [-0.05, 0) is 57.7 Å². The highest BCUT2D eigenvalue weighted by Gasteiger charge is 2.36. The van der Waals surface area contributed by atoms with Crippen molar-refractivity contribution in [3.8, 4) is 11.5 Å². The number of carbonyl (C=O) groups excluding carboxylic acids is 1. The lowest BCUT2D eigenvalue weighted by atomic mass is 10.0. The molecule has 0 aliphatic carbocycles. The van der Waals surface area contributed by atoms with E-state index in [-0.39, 0.29) is 5.91 Å². The van der Waals surface area contributed by atoms with Gasteiger partial charge in [0.05, 0.1) is 14.2 Å². The Hall–Kier alpha value is -1.75. The minimum atomic E-state index is 0.0881. The topological polar surface area (TPSA) is 42.0 Å². The van der Waals surface area contributed by atoms with Crippen LogP contribution in [0.3, 0.4) is 0 Å². The second kappa shape index (κ2) is 7.65. The molecule has 25 heavy (non-hydrogen) atoms. The Kier molecular flexibility index (Phi) is 5.52. The van der Waals surface area contributed by atoms with Crippen molar-refractivity contribution in [2.75, 3.05) is 27.3 Å². The number of carbonyl (C=O) groups is 1. The van der Waals surface area contributed by atoms with E-state index in [0.717, 1.165) is 19.5 Å². The number of rotatable bonds is 4. The van der Waals surface area contributed by atoms with E-state index in [9.17, 15) is 4.79 Å². The van der Waals surface area contributed by atoms with Crippen LogP contribution in [0.5, 0.6) is 11.5 Å². The summed E-state index contributed by atoms with van der Waals surface area (Å²) < 4.78 is 10.6. The van der Waals surface area contributed by atoms with Gasteiger partial charge in [0, 0.05) is 36.8 Å². The number of piperidine rings is 1. The molecule has 5 heteroatoms. The summed E-state index contributed by atoms with van der Waals surface area (Å²) in [4.78, 5) is 17.6. The lowest BCUT2D eigenvalue weighted by Crippen LogP contribution is -2.52. The van der Waals surface area contributed by atoms with E-state index in [0.29, 0.717) is 35.2 Å². The zero-order valence-corrected chi connectivity index (χ0v) is 15.8. The fourth-order valence-electron chi connectivity index (χ4n) is 4.47. The van der Waals surface area contributed by atoms with Crippen LogP contribution in [0.15, 0.2) is 18.2 Å². The zero-order chi connectivity index (χ0) is 18.0. The number of benzene rings is 1. The Morgan fingerprint density at radius 3 is 2.36 bits per heavy atom. The lowest BCUT2D eigenvalue weighted by Gasteiger charge is -2.41. The van der Waals surface area contributed by atoms with Crippen molar-refractivity contribution in [2.45, 2.75) is 57.7 Å². The van der Waals surface area contributed by atoms with Crippen LogP contribution < -0.4 is 9.47 Å². The number of methoxy groups -OCH3 is 2.